The van der Waals surface area contributed by atoms with Crippen molar-refractivity contribution >= 4 is 35.5 Å². The first kappa shape index (κ1) is 29.0. The normalized spacial score (nSPS) is 12.5. The molecule has 196 valence electrons. The molecule has 6 nitrogen and oxygen atoms in total. The number of carbonyl (C=O) groups excluding carboxylic acids is 2. The van der Waals surface area contributed by atoms with Crippen molar-refractivity contribution in [2.45, 2.75) is 41.5 Å². The zero-order valence-electron chi connectivity index (χ0n) is 19.3. The Kier molecular flexibility index (Phi) is 9.08. The minimum Gasteiger partial charge on any atom is -0.394 e. The second kappa shape index (κ2) is 11.2. The molecule has 2 rings (SSSR count). The molecule has 4 N–H and O–H groups in total. The first-order chi connectivity index (χ1) is 16.6. The maximum Gasteiger partial charge on any atom is 0.418 e. The van der Waals surface area contributed by atoms with Gasteiger partial charge in [0, 0.05) is 28.6 Å². The van der Waals surface area contributed by atoms with Gasteiger partial charge in [-0.2, -0.15) is 26.3 Å². The van der Waals surface area contributed by atoms with Crippen LogP contribution in [-0.2, 0) is 17.1 Å². The molecule has 13 heteroatoms. The number of aliphatic hydroxyl groups is 1. The second-order valence-corrected chi connectivity index (χ2v) is 9.21. The lowest BCUT2D eigenvalue weighted by Gasteiger charge is -2.23. The number of halogens is 6. The SMILES string of the molecule is CNC(=O)Nc1cccc(Sc2ccc(/C=C/C(=O)NC(C)(C)CO)c(C(F)(F)F)c2C(F)(F)F)c1. The number of hydrogen-bond donors (Lipinski definition) is 4. The molecule has 0 aliphatic heterocycles. The number of benzene rings is 2. The summed E-state index contributed by atoms with van der Waals surface area (Å²) < 4.78 is 83.7. The van der Waals surface area contributed by atoms with Gasteiger partial charge in [-0.25, -0.2) is 4.79 Å². The summed E-state index contributed by atoms with van der Waals surface area (Å²) in [6, 6.07) is 6.72. The molecular formula is C23H23F6N3O3S. The van der Waals surface area contributed by atoms with Crippen molar-refractivity contribution in [1.82, 2.24) is 10.6 Å². The molecule has 0 bridgehead atoms. The number of hydrogen-bond acceptors (Lipinski definition) is 4. The van der Waals surface area contributed by atoms with E-state index in [1.807, 2.05) is 0 Å². The lowest BCUT2D eigenvalue weighted by Crippen LogP contribution is -2.45. The predicted molar refractivity (Wildman–Crippen MR) is 123 cm³/mol. The standard InChI is InChI=1S/C23H23F6N3O3S/c1-21(2,12-33)32-17(34)10-8-13-7-9-16(19(23(27,28)29)18(13)22(24,25)26)36-15-6-4-5-14(11-15)31-20(35)30-3/h4-11,33H,12H2,1-3H3,(H,32,34)(H2,30,31,35)/b10-8+. The van der Waals surface area contributed by atoms with Gasteiger partial charge in [0.2, 0.25) is 5.91 Å². The van der Waals surface area contributed by atoms with E-state index in [1.54, 1.807) is 0 Å². The summed E-state index contributed by atoms with van der Waals surface area (Å²) in [4.78, 5) is 22.9. The van der Waals surface area contributed by atoms with Crippen LogP contribution in [0.2, 0.25) is 0 Å². The molecule has 0 heterocycles. The Morgan fingerprint density at radius 2 is 1.64 bits per heavy atom. The van der Waals surface area contributed by atoms with Crippen molar-refractivity contribution < 1.29 is 41.0 Å². The zero-order valence-corrected chi connectivity index (χ0v) is 20.1. The summed E-state index contributed by atoms with van der Waals surface area (Å²) in [5.74, 6) is -0.894. The summed E-state index contributed by atoms with van der Waals surface area (Å²) >= 11 is 0.441. The Balaban J connectivity index is 2.56. The van der Waals surface area contributed by atoms with E-state index < -0.39 is 58.0 Å². The predicted octanol–water partition coefficient (Wildman–Crippen LogP) is 5.53. The minimum absolute atomic E-state index is 0.149. The third-order valence-electron chi connectivity index (χ3n) is 4.58. The molecule has 0 radical (unpaired) electrons. The van der Waals surface area contributed by atoms with Crippen molar-refractivity contribution in [1.29, 1.82) is 0 Å². The average molecular weight is 536 g/mol. The Bertz CT molecular complexity index is 1150. The Labute approximate surface area is 207 Å². The van der Waals surface area contributed by atoms with Crippen LogP contribution >= 0.6 is 11.8 Å². The molecule has 0 saturated carbocycles. The highest BCUT2D eigenvalue weighted by atomic mass is 32.2. The van der Waals surface area contributed by atoms with Crippen molar-refractivity contribution in [3.05, 3.63) is 59.2 Å². The fourth-order valence-corrected chi connectivity index (χ4v) is 3.99. The number of nitrogens with one attached hydrogen (secondary N) is 3. The van der Waals surface area contributed by atoms with Crippen LogP contribution in [0.15, 0.2) is 52.3 Å². The van der Waals surface area contributed by atoms with E-state index in [0.29, 0.717) is 23.9 Å². The first-order valence-corrected chi connectivity index (χ1v) is 11.1. The van der Waals surface area contributed by atoms with Gasteiger partial charge in [0.1, 0.15) is 0 Å². The summed E-state index contributed by atoms with van der Waals surface area (Å²) in [5.41, 5.74) is -5.56. The molecular weight excluding hydrogens is 512 g/mol. The van der Waals surface area contributed by atoms with Crippen LogP contribution in [0.3, 0.4) is 0 Å². The molecule has 3 amide bonds. The fourth-order valence-electron chi connectivity index (χ4n) is 2.95. The highest BCUT2D eigenvalue weighted by Crippen LogP contribution is 2.48. The third-order valence-corrected chi connectivity index (χ3v) is 5.63. The molecule has 2 aromatic rings. The topological polar surface area (TPSA) is 90.5 Å². The van der Waals surface area contributed by atoms with Crippen LogP contribution in [0.5, 0.6) is 0 Å². The maximum atomic E-state index is 14.0. The Hall–Kier alpha value is -3.19. The monoisotopic (exact) mass is 535 g/mol. The van der Waals surface area contributed by atoms with Crippen LogP contribution in [0.1, 0.15) is 30.5 Å². The lowest BCUT2D eigenvalue weighted by atomic mass is 9.99. The number of amides is 3. The number of rotatable bonds is 7. The summed E-state index contributed by atoms with van der Waals surface area (Å²) in [6.07, 6.45) is -9.47. The third kappa shape index (κ3) is 7.92. The van der Waals surface area contributed by atoms with Crippen LogP contribution in [-0.4, -0.2) is 36.2 Å². The molecule has 0 atom stereocenters. The van der Waals surface area contributed by atoms with Crippen LogP contribution < -0.4 is 16.0 Å². The molecule has 2 aromatic carbocycles. The van der Waals surface area contributed by atoms with Gasteiger partial charge >= 0.3 is 18.4 Å². The first-order valence-electron chi connectivity index (χ1n) is 10.3. The number of anilines is 1. The highest BCUT2D eigenvalue weighted by Gasteiger charge is 2.46. The van der Waals surface area contributed by atoms with Gasteiger partial charge in [-0.3, -0.25) is 4.79 Å². The van der Waals surface area contributed by atoms with Gasteiger partial charge < -0.3 is 21.1 Å². The maximum absolute atomic E-state index is 14.0. The van der Waals surface area contributed by atoms with Crippen LogP contribution in [0.4, 0.5) is 36.8 Å². The van der Waals surface area contributed by atoms with Gasteiger partial charge in [-0.1, -0.05) is 23.9 Å². The number of carbonyl (C=O) groups is 2. The summed E-state index contributed by atoms with van der Waals surface area (Å²) in [7, 11) is 1.36. The van der Waals surface area contributed by atoms with Gasteiger partial charge in [-0.05, 0) is 49.8 Å². The highest BCUT2D eigenvalue weighted by molar-refractivity contribution is 7.99. The van der Waals surface area contributed by atoms with E-state index in [2.05, 4.69) is 16.0 Å². The van der Waals surface area contributed by atoms with Gasteiger partial charge in [-0.15, -0.1) is 0 Å². The minimum atomic E-state index is -5.40. The van der Waals surface area contributed by atoms with E-state index >= 15 is 0 Å². The number of urea groups is 1. The molecule has 36 heavy (non-hydrogen) atoms. The van der Waals surface area contributed by atoms with Crippen molar-refractivity contribution in [3.63, 3.8) is 0 Å². The van der Waals surface area contributed by atoms with E-state index in [-0.39, 0.29) is 10.6 Å². The summed E-state index contributed by atoms with van der Waals surface area (Å²) in [6.45, 7) is 2.43. The van der Waals surface area contributed by atoms with Crippen molar-refractivity contribution in [2.75, 3.05) is 19.0 Å². The Morgan fingerprint density at radius 3 is 2.19 bits per heavy atom. The second-order valence-electron chi connectivity index (χ2n) is 8.10. The van der Waals surface area contributed by atoms with Crippen molar-refractivity contribution in [3.8, 4) is 0 Å². The number of alkyl halides is 6. The van der Waals surface area contributed by atoms with E-state index in [9.17, 15) is 41.0 Å². The van der Waals surface area contributed by atoms with E-state index in [4.69, 9.17) is 0 Å². The Morgan fingerprint density at radius 1 is 1.00 bits per heavy atom. The largest absolute Gasteiger partial charge is 0.418 e. The average Bonchev–Trinajstić information content (AvgIpc) is 2.76. The molecule has 0 aromatic heterocycles. The quantitative estimate of drug-likeness (QED) is 0.277. The molecule has 0 spiro atoms. The van der Waals surface area contributed by atoms with Crippen LogP contribution in [0, 0.1) is 0 Å². The van der Waals surface area contributed by atoms with Gasteiger partial charge in [0.15, 0.2) is 0 Å². The van der Waals surface area contributed by atoms with E-state index in [0.717, 1.165) is 12.1 Å². The molecule has 0 aliphatic carbocycles. The lowest BCUT2D eigenvalue weighted by molar-refractivity contribution is -0.163. The van der Waals surface area contributed by atoms with Crippen LogP contribution in [0.25, 0.3) is 6.08 Å². The number of aliphatic hydroxyl groups excluding tert-OH is 1. The summed E-state index contributed by atoms with van der Waals surface area (Å²) in [5, 5.41) is 16.2. The van der Waals surface area contributed by atoms with E-state index in [1.165, 1.54) is 45.2 Å². The van der Waals surface area contributed by atoms with Crippen molar-refractivity contribution in [2.24, 2.45) is 0 Å². The fraction of sp³-hybridized carbons (Fsp3) is 0.304. The van der Waals surface area contributed by atoms with Gasteiger partial charge in [0.05, 0.1) is 23.3 Å². The zero-order chi connectivity index (χ0) is 27.3. The smallest absolute Gasteiger partial charge is 0.394 e. The molecule has 0 fully saturated rings. The van der Waals surface area contributed by atoms with Gasteiger partial charge in [0.25, 0.3) is 0 Å². The molecule has 0 aliphatic rings. The molecule has 0 unspecified atom stereocenters. The molecule has 0 saturated heterocycles.